The van der Waals surface area contributed by atoms with Gasteiger partial charge in [0.05, 0.1) is 5.56 Å². The zero-order chi connectivity index (χ0) is 30.1. The molecule has 1 aromatic heterocycles. The minimum absolute atomic E-state index is 0.212. The number of anilines is 1. The second-order valence-electron chi connectivity index (χ2n) is 11.8. The summed E-state index contributed by atoms with van der Waals surface area (Å²) in [7, 11) is 0. The normalized spacial score (nSPS) is 17.4. The Hall–Kier alpha value is -5.65. The van der Waals surface area contributed by atoms with Crippen molar-refractivity contribution in [2.45, 2.75) is 19.3 Å². The number of hydrogen-bond donors (Lipinski definition) is 3. The van der Waals surface area contributed by atoms with Crippen LogP contribution >= 0.6 is 0 Å². The Morgan fingerprint density at radius 1 is 0.711 bits per heavy atom. The van der Waals surface area contributed by atoms with Gasteiger partial charge in [0.15, 0.2) is 5.88 Å². The number of fused-ring (bicyclic) bond motifs is 5. The van der Waals surface area contributed by atoms with E-state index in [9.17, 15) is 0 Å². The molecule has 5 heteroatoms. The van der Waals surface area contributed by atoms with Gasteiger partial charge in [-0.1, -0.05) is 109 Å². The van der Waals surface area contributed by atoms with Crippen LogP contribution in [0.2, 0.25) is 0 Å². The van der Waals surface area contributed by atoms with Crippen molar-refractivity contribution in [2.75, 3.05) is 5.73 Å². The standard InChI is InChI=1S/C40H30N4O/c1-2-28(36-32-13-5-6-16-34(32)45-37(36)41)40-43-38(26-18-17-23-9-3-4-10-25(23)21-26)42-39(44-40)27-19-20-29-30-14-7-11-24-12-8-15-31(35(24)30)33(29)22-27/h2-22,38-39,42H,41H2,1H3,(H,43,44)/b28-2+. The fourth-order valence-corrected chi connectivity index (χ4v) is 7.15. The minimum Gasteiger partial charge on any atom is -0.440 e. The molecule has 0 fully saturated rings. The van der Waals surface area contributed by atoms with Crippen molar-refractivity contribution in [2.24, 2.45) is 4.99 Å². The molecule has 2 unspecified atom stereocenters. The van der Waals surface area contributed by atoms with E-state index in [2.05, 4.69) is 114 Å². The Kier molecular flexibility index (Phi) is 5.70. The van der Waals surface area contributed by atoms with Crippen LogP contribution < -0.4 is 16.4 Å². The van der Waals surface area contributed by atoms with E-state index in [1.165, 1.54) is 43.8 Å². The van der Waals surface area contributed by atoms with E-state index in [4.69, 9.17) is 15.1 Å². The number of nitrogens with one attached hydrogen (secondary N) is 2. The van der Waals surface area contributed by atoms with E-state index in [0.717, 1.165) is 39.1 Å². The number of nitrogens with zero attached hydrogens (tertiary/aromatic N) is 1. The smallest absolute Gasteiger partial charge is 0.199 e. The number of nitrogen functional groups attached to an aromatic ring is 1. The lowest BCUT2D eigenvalue weighted by Gasteiger charge is -2.33. The molecule has 2 atom stereocenters. The molecule has 9 rings (SSSR count). The molecule has 6 aromatic carbocycles. The van der Waals surface area contributed by atoms with Gasteiger partial charge in [0.25, 0.3) is 0 Å². The maximum Gasteiger partial charge on any atom is 0.199 e. The Morgan fingerprint density at radius 2 is 1.44 bits per heavy atom. The van der Waals surface area contributed by atoms with Gasteiger partial charge in [-0.25, -0.2) is 4.99 Å². The molecule has 5 nitrogen and oxygen atoms in total. The molecule has 0 saturated carbocycles. The van der Waals surface area contributed by atoms with Crippen LogP contribution in [0.15, 0.2) is 137 Å². The fraction of sp³-hybridized carbons (Fsp3) is 0.0750. The molecule has 216 valence electrons. The van der Waals surface area contributed by atoms with E-state index in [1.807, 2.05) is 31.2 Å². The number of furan rings is 1. The summed E-state index contributed by atoms with van der Waals surface area (Å²) in [6, 6.07) is 42.9. The first-order valence-electron chi connectivity index (χ1n) is 15.4. The van der Waals surface area contributed by atoms with Crippen molar-refractivity contribution >= 4 is 49.8 Å². The lowest BCUT2D eigenvalue weighted by molar-refractivity contribution is 0.410. The van der Waals surface area contributed by atoms with E-state index in [-0.39, 0.29) is 12.3 Å². The topological polar surface area (TPSA) is 75.6 Å². The zero-order valence-corrected chi connectivity index (χ0v) is 24.7. The van der Waals surface area contributed by atoms with Crippen molar-refractivity contribution in [1.82, 2.24) is 10.6 Å². The van der Waals surface area contributed by atoms with E-state index in [0.29, 0.717) is 5.88 Å². The number of nitrogens with two attached hydrogens (primary N) is 1. The van der Waals surface area contributed by atoms with Crippen LogP contribution in [-0.2, 0) is 0 Å². The summed E-state index contributed by atoms with van der Waals surface area (Å²) < 4.78 is 5.99. The van der Waals surface area contributed by atoms with Crippen LogP contribution in [0.25, 0.3) is 60.3 Å². The summed E-state index contributed by atoms with van der Waals surface area (Å²) in [6.07, 6.45) is 1.56. The molecular formula is C40H30N4O. The lowest BCUT2D eigenvalue weighted by Crippen LogP contribution is -2.45. The summed E-state index contributed by atoms with van der Waals surface area (Å²) in [5, 5.41) is 13.5. The summed E-state index contributed by atoms with van der Waals surface area (Å²) in [6.45, 7) is 2.02. The maximum absolute atomic E-state index is 6.52. The Labute approximate surface area is 260 Å². The Morgan fingerprint density at radius 3 is 2.29 bits per heavy atom. The molecule has 0 saturated heterocycles. The number of rotatable bonds is 4. The number of para-hydroxylation sites is 1. The molecule has 2 heterocycles. The van der Waals surface area contributed by atoms with Crippen molar-refractivity contribution in [3.05, 3.63) is 144 Å². The highest BCUT2D eigenvalue weighted by atomic mass is 16.3. The fourth-order valence-electron chi connectivity index (χ4n) is 7.15. The molecule has 1 aliphatic heterocycles. The molecule has 4 N–H and O–H groups in total. The van der Waals surface area contributed by atoms with Gasteiger partial charge in [0.2, 0.25) is 0 Å². The number of benzene rings is 6. The van der Waals surface area contributed by atoms with Gasteiger partial charge in [-0.05, 0) is 80.0 Å². The third-order valence-electron chi connectivity index (χ3n) is 9.25. The number of allylic oxidation sites excluding steroid dienone is 1. The van der Waals surface area contributed by atoms with Gasteiger partial charge < -0.3 is 15.5 Å². The molecule has 1 aliphatic carbocycles. The van der Waals surface area contributed by atoms with Gasteiger partial charge in [-0.3, -0.25) is 5.32 Å². The van der Waals surface area contributed by atoms with Crippen molar-refractivity contribution in [1.29, 1.82) is 0 Å². The second-order valence-corrected chi connectivity index (χ2v) is 11.8. The van der Waals surface area contributed by atoms with Gasteiger partial charge in [-0.15, -0.1) is 0 Å². The maximum atomic E-state index is 6.52. The molecule has 2 aliphatic rings. The molecular weight excluding hydrogens is 552 g/mol. The summed E-state index contributed by atoms with van der Waals surface area (Å²) in [4.78, 5) is 5.27. The third kappa shape index (κ3) is 4.01. The van der Waals surface area contributed by atoms with Crippen molar-refractivity contribution < 1.29 is 4.42 Å². The Balaban J connectivity index is 1.18. The van der Waals surface area contributed by atoms with Gasteiger partial charge in [-0.2, -0.15) is 0 Å². The quantitative estimate of drug-likeness (QED) is 0.193. The van der Waals surface area contributed by atoms with Crippen LogP contribution in [-0.4, -0.2) is 5.84 Å². The Bertz CT molecular complexity index is 2380. The van der Waals surface area contributed by atoms with Crippen LogP contribution in [0, 0.1) is 0 Å². The van der Waals surface area contributed by atoms with Gasteiger partial charge in [0.1, 0.15) is 23.8 Å². The molecule has 0 spiro atoms. The minimum atomic E-state index is -0.293. The summed E-state index contributed by atoms with van der Waals surface area (Å²) >= 11 is 0. The average Bonchev–Trinajstić information content (AvgIpc) is 3.60. The highest BCUT2D eigenvalue weighted by Crippen LogP contribution is 2.48. The second kappa shape index (κ2) is 9.94. The molecule has 7 aromatic rings. The van der Waals surface area contributed by atoms with E-state index < -0.39 is 0 Å². The summed E-state index contributed by atoms with van der Waals surface area (Å²) in [5.74, 6) is 1.15. The third-order valence-corrected chi connectivity index (χ3v) is 9.25. The number of hydrogen-bond acceptors (Lipinski definition) is 5. The molecule has 0 bridgehead atoms. The van der Waals surface area contributed by atoms with Gasteiger partial charge >= 0.3 is 0 Å². The highest BCUT2D eigenvalue weighted by Gasteiger charge is 2.30. The average molecular weight is 583 g/mol. The van der Waals surface area contributed by atoms with Crippen molar-refractivity contribution in [3.63, 3.8) is 0 Å². The first kappa shape index (κ1) is 25.8. The molecule has 0 amide bonds. The lowest BCUT2D eigenvalue weighted by atomic mass is 9.97. The summed E-state index contributed by atoms with van der Waals surface area (Å²) in [5.41, 5.74) is 16.4. The van der Waals surface area contributed by atoms with Crippen LogP contribution in [0.1, 0.15) is 35.9 Å². The van der Waals surface area contributed by atoms with E-state index in [1.54, 1.807) is 0 Å². The predicted molar refractivity (Wildman–Crippen MR) is 186 cm³/mol. The molecule has 0 radical (unpaired) electrons. The monoisotopic (exact) mass is 582 g/mol. The largest absolute Gasteiger partial charge is 0.440 e. The van der Waals surface area contributed by atoms with Crippen LogP contribution in [0.5, 0.6) is 0 Å². The number of aliphatic imine (C=N–C) groups is 1. The SMILES string of the molecule is C/C=C(/C1=NC(c2ccc3ccccc3c2)NC(c2ccc3c(c2)-c2cccc4cccc-3c24)N1)c1c(N)oc2ccccc12. The highest BCUT2D eigenvalue weighted by molar-refractivity contribution is 6.27. The van der Waals surface area contributed by atoms with Crippen LogP contribution in [0.4, 0.5) is 5.88 Å². The van der Waals surface area contributed by atoms with Crippen LogP contribution in [0.3, 0.4) is 0 Å². The van der Waals surface area contributed by atoms with Crippen molar-refractivity contribution in [3.8, 4) is 22.3 Å². The predicted octanol–water partition coefficient (Wildman–Crippen LogP) is 9.36. The first-order chi connectivity index (χ1) is 22.2. The first-order valence-corrected chi connectivity index (χ1v) is 15.4. The van der Waals surface area contributed by atoms with Gasteiger partial charge in [0, 0.05) is 11.0 Å². The molecule has 45 heavy (non-hydrogen) atoms. The number of amidine groups is 1. The zero-order valence-electron chi connectivity index (χ0n) is 24.7. The van der Waals surface area contributed by atoms with E-state index >= 15 is 0 Å².